The predicted octanol–water partition coefficient (Wildman–Crippen LogP) is 3.46. The number of ether oxygens (including phenoxy) is 1. The molecule has 100 valence electrons. The molecule has 3 heteroatoms. The quantitative estimate of drug-likeness (QED) is 0.902. The monoisotopic (exact) mass is 267 g/mol. The van der Waals surface area contributed by atoms with Gasteiger partial charge in [0.2, 0.25) is 0 Å². The molecule has 0 aliphatic carbocycles. The lowest BCUT2D eigenvalue weighted by Crippen LogP contribution is -2.42. The van der Waals surface area contributed by atoms with Gasteiger partial charge in [0.15, 0.2) is 0 Å². The first-order valence-electron chi connectivity index (χ1n) is 6.61. The molecule has 1 aliphatic heterocycles. The van der Waals surface area contributed by atoms with E-state index < -0.39 is 0 Å². The van der Waals surface area contributed by atoms with Gasteiger partial charge in [0.05, 0.1) is 0 Å². The third-order valence-corrected chi connectivity index (χ3v) is 4.43. The van der Waals surface area contributed by atoms with Crippen LogP contribution in [0.5, 0.6) is 0 Å². The fourth-order valence-corrected chi connectivity index (χ4v) is 3.12. The molecule has 1 aromatic rings. The smallest absolute Gasteiger partial charge is 0.0467 e. The third-order valence-electron chi connectivity index (χ3n) is 4.19. The lowest BCUT2D eigenvalue weighted by molar-refractivity contribution is 0.104. The Bertz CT molecular complexity index is 396. The van der Waals surface area contributed by atoms with Gasteiger partial charge in [0.25, 0.3) is 0 Å². The molecule has 0 saturated carbocycles. The van der Waals surface area contributed by atoms with Crippen LogP contribution in [0.2, 0.25) is 5.02 Å². The fraction of sp³-hybridized carbons (Fsp3) is 0.600. The average molecular weight is 268 g/mol. The van der Waals surface area contributed by atoms with E-state index in [-0.39, 0.29) is 0 Å². The summed E-state index contributed by atoms with van der Waals surface area (Å²) in [4.78, 5) is 0. The molecule has 0 aromatic heterocycles. The molecular formula is C15H22ClNO. The van der Waals surface area contributed by atoms with Crippen molar-refractivity contribution in [3.8, 4) is 0 Å². The number of hydrogen-bond donors (Lipinski definition) is 1. The highest BCUT2D eigenvalue weighted by Gasteiger charge is 2.37. The molecule has 1 N–H and O–H groups in total. The summed E-state index contributed by atoms with van der Waals surface area (Å²) in [6.45, 7) is 5.32. The molecule has 2 unspecified atom stereocenters. The second kappa shape index (κ2) is 6.05. The Morgan fingerprint density at radius 2 is 2.33 bits per heavy atom. The van der Waals surface area contributed by atoms with Crippen LogP contribution in [0.15, 0.2) is 24.3 Å². The summed E-state index contributed by atoms with van der Waals surface area (Å²) in [7, 11) is 1.78. The van der Waals surface area contributed by atoms with Crippen LogP contribution >= 0.6 is 11.6 Å². The van der Waals surface area contributed by atoms with Gasteiger partial charge in [-0.25, -0.2) is 0 Å². The maximum absolute atomic E-state index is 6.12. The van der Waals surface area contributed by atoms with E-state index in [1.54, 1.807) is 7.11 Å². The lowest BCUT2D eigenvalue weighted by Gasteiger charge is -2.42. The highest BCUT2D eigenvalue weighted by molar-refractivity contribution is 6.30. The van der Waals surface area contributed by atoms with E-state index in [0.717, 1.165) is 31.1 Å². The van der Waals surface area contributed by atoms with Crippen LogP contribution in [0, 0.1) is 5.41 Å². The number of nitrogens with one attached hydrogen (secondary N) is 1. The number of benzene rings is 1. The van der Waals surface area contributed by atoms with Crippen molar-refractivity contribution in [2.24, 2.45) is 5.41 Å². The first-order chi connectivity index (χ1) is 8.65. The Morgan fingerprint density at radius 3 is 3.06 bits per heavy atom. The maximum Gasteiger partial charge on any atom is 0.0467 e. The largest absolute Gasteiger partial charge is 0.385 e. The van der Waals surface area contributed by atoms with Gasteiger partial charge in [-0.15, -0.1) is 0 Å². The molecule has 1 aliphatic rings. The normalized spacial score (nSPS) is 28.3. The lowest BCUT2D eigenvalue weighted by atomic mass is 9.67. The summed E-state index contributed by atoms with van der Waals surface area (Å²) in [5.74, 6) is 0.514. The second-order valence-electron chi connectivity index (χ2n) is 5.46. The number of halogens is 1. The second-order valence-corrected chi connectivity index (χ2v) is 5.89. The summed E-state index contributed by atoms with van der Waals surface area (Å²) in [6.07, 6.45) is 2.29. The zero-order valence-corrected chi connectivity index (χ0v) is 12.0. The van der Waals surface area contributed by atoms with Crippen molar-refractivity contribution in [2.75, 3.05) is 26.8 Å². The molecule has 1 saturated heterocycles. The van der Waals surface area contributed by atoms with E-state index in [0.29, 0.717) is 11.3 Å². The topological polar surface area (TPSA) is 21.3 Å². The Hall–Kier alpha value is -0.570. The van der Waals surface area contributed by atoms with Crippen LogP contribution in [0.25, 0.3) is 0 Å². The third kappa shape index (κ3) is 3.05. The van der Waals surface area contributed by atoms with Gasteiger partial charge in [-0.05, 0) is 42.5 Å². The minimum absolute atomic E-state index is 0.298. The maximum atomic E-state index is 6.12. The minimum Gasteiger partial charge on any atom is -0.385 e. The van der Waals surface area contributed by atoms with E-state index in [4.69, 9.17) is 16.3 Å². The van der Waals surface area contributed by atoms with E-state index in [2.05, 4.69) is 24.4 Å². The number of methoxy groups -OCH3 is 1. The Kier molecular flexibility index (Phi) is 4.66. The average Bonchev–Trinajstić information content (AvgIpc) is 2.37. The SMILES string of the molecule is COCCC1(C)CCNCC1c1cccc(Cl)c1. The van der Waals surface area contributed by atoms with Crippen molar-refractivity contribution in [2.45, 2.75) is 25.7 Å². The molecule has 0 amide bonds. The van der Waals surface area contributed by atoms with E-state index in [1.165, 1.54) is 12.0 Å². The zero-order valence-electron chi connectivity index (χ0n) is 11.2. The number of hydrogen-bond acceptors (Lipinski definition) is 2. The van der Waals surface area contributed by atoms with Crippen molar-refractivity contribution in [3.05, 3.63) is 34.9 Å². The molecule has 1 fully saturated rings. The Morgan fingerprint density at radius 1 is 1.50 bits per heavy atom. The fourth-order valence-electron chi connectivity index (χ4n) is 2.92. The van der Waals surface area contributed by atoms with Crippen LogP contribution in [0.4, 0.5) is 0 Å². The van der Waals surface area contributed by atoms with E-state index >= 15 is 0 Å². The Labute approximate surface area is 115 Å². The Balaban J connectivity index is 2.22. The summed E-state index contributed by atoms with van der Waals surface area (Å²) in [6, 6.07) is 8.27. The molecule has 0 bridgehead atoms. The van der Waals surface area contributed by atoms with Gasteiger partial charge in [-0.3, -0.25) is 0 Å². The molecule has 18 heavy (non-hydrogen) atoms. The van der Waals surface area contributed by atoms with Crippen LogP contribution in [0.1, 0.15) is 31.2 Å². The van der Waals surface area contributed by atoms with Crippen molar-refractivity contribution < 1.29 is 4.74 Å². The predicted molar refractivity (Wildman–Crippen MR) is 76.3 cm³/mol. The van der Waals surface area contributed by atoms with Gasteiger partial charge < -0.3 is 10.1 Å². The van der Waals surface area contributed by atoms with Crippen LogP contribution in [-0.4, -0.2) is 26.8 Å². The van der Waals surface area contributed by atoms with Gasteiger partial charge in [-0.2, -0.15) is 0 Å². The summed E-state index contributed by atoms with van der Waals surface area (Å²) in [5, 5.41) is 4.33. The van der Waals surface area contributed by atoms with E-state index in [9.17, 15) is 0 Å². The van der Waals surface area contributed by atoms with Crippen LogP contribution < -0.4 is 5.32 Å². The number of piperidine rings is 1. The molecule has 0 spiro atoms. The van der Waals surface area contributed by atoms with Gasteiger partial charge in [0.1, 0.15) is 0 Å². The first kappa shape index (κ1) is 13.9. The molecule has 1 heterocycles. The van der Waals surface area contributed by atoms with Crippen LogP contribution in [0.3, 0.4) is 0 Å². The van der Waals surface area contributed by atoms with Gasteiger partial charge in [-0.1, -0.05) is 30.7 Å². The minimum atomic E-state index is 0.298. The first-order valence-corrected chi connectivity index (χ1v) is 6.99. The summed E-state index contributed by atoms with van der Waals surface area (Å²) < 4.78 is 5.27. The summed E-state index contributed by atoms with van der Waals surface area (Å²) >= 11 is 6.12. The highest BCUT2D eigenvalue weighted by atomic mass is 35.5. The molecular weight excluding hydrogens is 246 g/mol. The highest BCUT2D eigenvalue weighted by Crippen LogP contribution is 2.43. The van der Waals surface area contributed by atoms with Crippen molar-refractivity contribution in [1.82, 2.24) is 5.32 Å². The van der Waals surface area contributed by atoms with Crippen molar-refractivity contribution in [3.63, 3.8) is 0 Å². The summed E-state index contributed by atoms with van der Waals surface area (Å²) in [5.41, 5.74) is 1.64. The van der Waals surface area contributed by atoms with E-state index in [1.807, 2.05) is 12.1 Å². The molecule has 1 aromatic carbocycles. The van der Waals surface area contributed by atoms with Crippen LogP contribution in [-0.2, 0) is 4.74 Å². The standard InChI is InChI=1S/C15H22ClNO/c1-15(7-9-18-2)6-8-17-11-14(15)12-4-3-5-13(16)10-12/h3-5,10,14,17H,6-9,11H2,1-2H3. The van der Waals surface area contributed by atoms with Gasteiger partial charge in [0, 0.05) is 31.2 Å². The number of rotatable bonds is 4. The van der Waals surface area contributed by atoms with Gasteiger partial charge >= 0.3 is 0 Å². The molecule has 2 atom stereocenters. The van der Waals surface area contributed by atoms with Crippen molar-refractivity contribution in [1.29, 1.82) is 0 Å². The zero-order chi connectivity index (χ0) is 13.0. The van der Waals surface area contributed by atoms with Crippen molar-refractivity contribution >= 4 is 11.6 Å². The molecule has 0 radical (unpaired) electrons. The molecule has 2 rings (SSSR count). The molecule has 2 nitrogen and oxygen atoms in total.